The van der Waals surface area contributed by atoms with Crippen LogP contribution in [-0.4, -0.2) is 30.7 Å². The van der Waals surface area contributed by atoms with Gasteiger partial charge in [0.2, 0.25) is 0 Å². The van der Waals surface area contributed by atoms with E-state index in [1.165, 1.54) is 5.56 Å². The fourth-order valence-corrected chi connectivity index (χ4v) is 2.10. The number of morpholine rings is 1. The molecule has 0 bridgehead atoms. The Hall–Kier alpha value is -0.830. The van der Waals surface area contributed by atoms with E-state index in [2.05, 4.69) is 29.2 Å². The van der Waals surface area contributed by atoms with Crippen LogP contribution < -0.4 is 0 Å². The van der Waals surface area contributed by atoms with Gasteiger partial charge in [0.1, 0.15) is 0 Å². The summed E-state index contributed by atoms with van der Waals surface area (Å²) in [6.07, 6.45) is 1.99. The maximum absolute atomic E-state index is 5.64. The van der Waals surface area contributed by atoms with Gasteiger partial charge in [-0.1, -0.05) is 48.0 Å². The maximum Gasteiger partial charge on any atom is 0.0658 e. The van der Waals surface area contributed by atoms with E-state index in [0.717, 1.165) is 26.3 Å². The van der Waals surface area contributed by atoms with Crippen molar-refractivity contribution in [1.82, 2.24) is 4.90 Å². The van der Waals surface area contributed by atoms with E-state index in [9.17, 15) is 0 Å². The van der Waals surface area contributed by atoms with Crippen molar-refractivity contribution < 1.29 is 4.74 Å². The topological polar surface area (TPSA) is 12.5 Å². The first-order valence-electron chi connectivity index (χ1n) is 5.53. The standard InChI is InChI=1S/C13H16ClNO/c14-7-6-13-11-16-9-8-15(13)10-12-4-2-1-3-5-12/h1-7,13H,8-11H2. The smallest absolute Gasteiger partial charge is 0.0658 e. The largest absolute Gasteiger partial charge is 0.378 e. The van der Waals surface area contributed by atoms with Crippen molar-refractivity contribution in [2.24, 2.45) is 0 Å². The van der Waals surface area contributed by atoms with Gasteiger partial charge in [-0.05, 0) is 5.56 Å². The Balaban J connectivity index is 2.01. The van der Waals surface area contributed by atoms with Crippen molar-refractivity contribution in [3.8, 4) is 0 Å². The SMILES string of the molecule is ClC=CC1COCCN1Cc1ccccc1. The summed E-state index contributed by atoms with van der Waals surface area (Å²) < 4.78 is 5.45. The molecule has 0 N–H and O–H groups in total. The van der Waals surface area contributed by atoms with Crippen molar-refractivity contribution in [2.75, 3.05) is 19.8 Å². The highest BCUT2D eigenvalue weighted by atomic mass is 35.5. The van der Waals surface area contributed by atoms with E-state index in [4.69, 9.17) is 16.3 Å². The third-order valence-corrected chi connectivity index (χ3v) is 2.95. The van der Waals surface area contributed by atoms with Gasteiger partial charge >= 0.3 is 0 Å². The Bertz CT molecular complexity index is 339. The molecule has 0 radical (unpaired) electrons. The van der Waals surface area contributed by atoms with Gasteiger partial charge in [-0.3, -0.25) is 4.90 Å². The fraction of sp³-hybridized carbons (Fsp3) is 0.385. The molecule has 0 aromatic heterocycles. The van der Waals surface area contributed by atoms with Crippen LogP contribution in [0.25, 0.3) is 0 Å². The number of benzene rings is 1. The van der Waals surface area contributed by atoms with Gasteiger partial charge in [0.05, 0.1) is 19.3 Å². The van der Waals surface area contributed by atoms with Gasteiger partial charge in [-0.2, -0.15) is 0 Å². The molecule has 1 aromatic rings. The quantitative estimate of drug-likeness (QED) is 0.802. The van der Waals surface area contributed by atoms with E-state index in [1.807, 2.05) is 12.1 Å². The molecule has 1 unspecified atom stereocenters. The monoisotopic (exact) mass is 237 g/mol. The van der Waals surface area contributed by atoms with Gasteiger partial charge in [-0.15, -0.1) is 0 Å². The van der Waals surface area contributed by atoms with Crippen LogP contribution in [0, 0.1) is 0 Å². The molecule has 1 aliphatic heterocycles. The summed E-state index contributed by atoms with van der Waals surface area (Å²) >= 11 is 5.64. The number of hydrogen-bond acceptors (Lipinski definition) is 2. The van der Waals surface area contributed by atoms with E-state index in [1.54, 1.807) is 5.54 Å². The number of nitrogens with zero attached hydrogens (tertiary/aromatic N) is 1. The molecule has 1 saturated heterocycles. The lowest BCUT2D eigenvalue weighted by molar-refractivity contribution is 0.00626. The van der Waals surface area contributed by atoms with Crippen LogP contribution in [0.2, 0.25) is 0 Å². The highest BCUT2D eigenvalue weighted by Gasteiger charge is 2.20. The summed E-state index contributed by atoms with van der Waals surface area (Å²) in [5.74, 6) is 0. The van der Waals surface area contributed by atoms with Crippen molar-refractivity contribution in [1.29, 1.82) is 0 Å². The van der Waals surface area contributed by atoms with Gasteiger partial charge in [0, 0.05) is 18.6 Å². The average Bonchev–Trinajstić information content (AvgIpc) is 2.33. The summed E-state index contributed by atoms with van der Waals surface area (Å²) in [7, 11) is 0. The van der Waals surface area contributed by atoms with Crippen LogP contribution in [0.5, 0.6) is 0 Å². The number of rotatable bonds is 3. The second kappa shape index (κ2) is 6.04. The molecule has 86 valence electrons. The minimum Gasteiger partial charge on any atom is -0.378 e. The molecule has 0 amide bonds. The van der Waals surface area contributed by atoms with Gasteiger partial charge in [0.25, 0.3) is 0 Å². The summed E-state index contributed by atoms with van der Waals surface area (Å²) in [6.45, 7) is 3.45. The molecule has 0 saturated carbocycles. The normalized spacial score (nSPS) is 22.7. The lowest BCUT2D eigenvalue weighted by Gasteiger charge is -2.33. The lowest BCUT2D eigenvalue weighted by Crippen LogP contribution is -2.43. The van der Waals surface area contributed by atoms with Crippen molar-refractivity contribution in [3.63, 3.8) is 0 Å². The predicted molar refractivity (Wildman–Crippen MR) is 66.5 cm³/mol. The molecule has 3 heteroatoms. The molecule has 2 rings (SSSR count). The summed E-state index contributed by atoms with van der Waals surface area (Å²) in [5.41, 5.74) is 2.91. The summed E-state index contributed by atoms with van der Waals surface area (Å²) in [5, 5.41) is 0. The summed E-state index contributed by atoms with van der Waals surface area (Å²) in [4.78, 5) is 2.39. The highest BCUT2D eigenvalue weighted by Crippen LogP contribution is 2.13. The molecule has 1 fully saturated rings. The van der Waals surface area contributed by atoms with E-state index in [0.29, 0.717) is 6.04 Å². The minimum atomic E-state index is 0.298. The Morgan fingerprint density at radius 1 is 1.38 bits per heavy atom. The van der Waals surface area contributed by atoms with Crippen LogP contribution in [0.3, 0.4) is 0 Å². The first kappa shape index (κ1) is 11.6. The number of hydrogen-bond donors (Lipinski definition) is 0. The predicted octanol–water partition coefficient (Wildman–Crippen LogP) is 2.64. The molecule has 1 aromatic carbocycles. The van der Waals surface area contributed by atoms with Crippen LogP contribution in [-0.2, 0) is 11.3 Å². The molecular formula is C13H16ClNO. The Kier molecular flexibility index (Phi) is 4.40. The number of halogens is 1. The van der Waals surface area contributed by atoms with E-state index in [-0.39, 0.29) is 0 Å². The summed E-state index contributed by atoms with van der Waals surface area (Å²) in [6, 6.07) is 10.8. The maximum atomic E-state index is 5.64. The first-order valence-corrected chi connectivity index (χ1v) is 5.96. The Morgan fingerprint density at radius 2 is 2.19 bits per heavy atom. The van der Waals surface area contributed by atoms with Crippen molar-refractivity contribution in [2.45, 2.75) is 12.6 Å². The fourth-order valence-electron chi connectivity index (χ4n) is 1.93. The average molecular weight is 238 g/mol. The van der Waals surface area contributed by atoms with Crippen molar-refractivity contribution >= 4 is 11.6 Å². The van der Waals surface area contributed by atoms with Crippen LogP contribution in [0.15, 0.2) is 41.9 Å². The molecule has 2 nitrogen and oxygen atoms in total. The first-order chi connectivity index (χ1) is 7.90. The third kappa shape index (κ3) is 3.08. The highest BCUT2D eigenvalue weighted by molar-refractivity contribution is 6.25. The molecule has 1 heterocycles. The molecule has 0 spiro atoms. The van der Waals surface area contributed by atoms with Gasteiger partial charge in [-0.25, -0.2) is 0 Å². The lowest BCUT2D eigenvalue weighted by atomic mass is 10.1. The second-order valence-electron chi connectivity index (χ2n) is 3.92. The molecule has 0 aliphatic carbocycles. The van der Waals surface area contributed by atoms with Crippen LogP contribution in [0.4, 0.5) is 0 Å². The molecule has 16 heavy (non-hydrogen) atoms. The van der Waals surface area contributed by atoms with Crippen LogP contribution in [0.1, 0.15) is 5.56 Å². The zero-order valence-electron chi connectivity index (χ0n) is 9.18. The van der Waals surface area contributed by atoms with Gasteiger partial charge < -0.3 is 4.74 Å². The van der Waals surface area contributed by atoms with Crippen molar-refractivity contribution in [3.05, 3.63) is 47.5 Å². The minimum absolute atomic E-state index is 0.298. The zero-order valence-corrected chi connectivity index (χ0v) is 9.94. The number of ether oxygens (including phenoxy) is 1. The van der Waals surface area contributed by atoms with Gasteiger partial charge in [0.15, 0.2) is 0 Å². The second-order valence-corrected chi connectivity index (χ2v) is 4.17. The Morgan fingerprint density at radius 3 is 2.94 bits per heavy atom. The molecule has 1 aliphatic rings. The molecule has 1 atom stereocenters. The zero-order chi connectivity index (χ0) is 11.2. The molecular weight excluding hydrogens is 222 g/mol. The van der Waals surface area contributed by atoms with E-state index < -0.39 is 0 Å². The Labute approximate surface area is 101 Å². The van der Waals surface area contributed by atoms with E-state index >= 15 is 0 Å². The third-order valence-electron chi connectivity index (χ3n) is 2.80. The van der Waals surface area contributed by atoms with Crippen LogP contribution >= 0.6 is 11.6 Å².